The first kappa shape index (κ1) is 7.34. The summed E-state index contributed by atoms with van der Waals surface area (Å²) in [6.45, 7) is 0. The summed E-state index contributed by atoms with van der Waals surface area (Å²) in [7, 11) is 0. The third-order valence-corrected chi connectivity index (χ3v) is 1.05. The van der Waals surface area contributed by atoms with Gasteiger partial charge in [0.05, 0.1) is 0 Å². The molecular formula is C5H3ClF2N2. The van der Waals surface area contributed by atoms with Crippen LogP contribution in [0, 0.1) is 0 Å². The minimum Gasteiger partial charge on any atom is -0.236 e. The molecule has 0 unspecified atom stereocenters. The van der Waals surface area contributed by atoms with Gasteiger partial charge >= 0.3 is 0 Å². The maximum Gasteiger partial charge on any atom is 0.297 e. The van der Waals surface area contributed by atoms with E-state index in [0.29, 0.717) is 0 Å². The Morgan fingerprint density at radius 2 is 2.20 bits per heavy atom. The van der Waals surface area contributed by atoms with Crippen molar-refractivity contribution in [1.29, 1.82) is 0 Å². The van der Waals surface area contributed by atoms with Crippen molar-refractivity contribution >= 4 is 11.6 Å². The molecule has 0 atom stereocenters. The van der Waals surface area contributed by atoms with Gasteiger partial charge in [-0.25, -0.2) is 18.7 Å². The van der Waals surface area contributed by atoms with Crippen LogP contribution in [-0.2, 0) is 0 Å². The maximum absolute atomic E-state index is 11.8. The molecule has 0 saturated heterocycles. The number of hydrogen-bond donors (Lipinski definition) is 0. The summed E-state index contributed by atoms with van der Waals surface area (Å²) in [6, 6.07) is 1.34. The fourth-order valence-electron chi connectivity index (χ4n) is 0.456. The summed E-state index contributed by atoms with van der Waals surface area (Å²) >= 11 is 5.30. The quantitative estimate of drug-likeness (QED) is 0.594. The van der Waals surface area contributed by atoms with Crippen LogP contribution in [0.5, 0.6) is 0 Å². The van der Waals surface area contributed by atoms with Gasteiger partial charge < -0.3 is 0 Å². The topological polar surface area (TPSA) is 25.8 Å². The van der Waals surface area contributed by atoms with Gasteiger partial charge in [-0.2, -0.15) is 0 Å². The van der Waals surface area contributed by atoms with E-state index >= 15 is 0 Å². The van der Waals surface area contributed by atoms with Crippen molar-refractivity contribution in [3.8, 4) is 0 Å². The predicted molar refractivity (Wildman–Crippen MR) is 32.0 cm³/mol. The van der Waals surface area contributed by atoms with Crippen LogP contribution < -0.4 is 0 Å². The van der Waals surface area contributed by atoms with Gasteiger partial charge in [0.15, 0.2) is 5.82 Å². The van der Waals surface area contributed by atoms with Crippen LogP contribution in [0.15, 0.2) is 12.3 Å². The summed E-state index contributed by atoms with van der Waals surface area (Å²) < 4.78 is 23.5. The molecule has 0 amide bonds. The minimum absolute atomic E-state index is 0.0327. The van der Waals surface area contributed by atoms with Gasteiger partial charge in [0.1, 0.15) is 5.15 Å². The smallest absolute Gasteiger partial charge is 0.236 e. The predicted octanol–water partition coefficient (Wildman–Crippen LogP) is 2.07. The molecule has 1 aromatic heterocycles. The molecule has 0 fully saturated rings. The average molecular weight is 165 g/mol. The van der Waals surface area contributed by atoms with E-state index in [1.54, 1.807) is 0 Å². The lowest BCUT2D eigenvalue weighted by molar-refractivity contribution is 0.140. The Balaban J connectivity index is 2.96. The highest BCUT2D eigenvalue weighted by Crippen LogP contribution is 2.14. The number of hydrogen-bond acceptors (Lipinski definition) is 2. The standard InChI is InChI=1S/C5H3ClF2N2/c6-3-1-2-9-5(10-3)4(7)8/h1-2,4H. The Hall–Kier alpha value is -0.770. The van der Waals surface area contributed by atoms with E-state index in [1.165, 1.54) is 12.3 Å². The molecule has 0 radical (unpaired) electrons. The van der Waals surface area contributed by atoms with E-state index in [2.05, 4.69) is 9.97 Å². The van der Waals surface area contributed by atoms with E-state index in [4.69, 9.17) is 11.6 Å². The van der Waals surface area contributed by atoms with Crippen molar-refractivity contribution < 1.29 is 8.78 Å². The second-order valence-electron chi connectivity index (χ2n) is 1.54. The van der Waals surface area contributed by atoms with Crippen LogP contribution >= 0.6 is 11.6 Å². The van der Waals surface area contributed by atoms with Gasteiger partial charge in [-0.1, -0.05) is 11.6 Å². The van der Waals surface area contributed by atoms with Gasteiger partial charge in [-0.05, 0) is 6.07 Å². The zero-order valence-electron chi connectivity index (χ0n) is 4.76. The Kier molecular flexibility index (Phi) is 2.11. The fraction of sp³-hybridized carbons (Fsp3) is 0.200. The average Bonchev–Trinajstić information content (AvgIpc) is 1.88. The van der Waals surface area contributed by atoms with Crippen molar-refractivity contribution in [3.05, 3.63) is 23.2 Å². The highest BCUT2D eigenvalue weighted by Gasteiger charge is 2.09. The second-order valence-corrected chi connectivity index (χ2v) is 1.93. The molecular weight excluding hydrogens is 162 g/mol. The molecule has 54 valence electrons. The fourth-order valence-corrected chi connectivity index (χ4v) is 0.599. The number of halogens is 3. The first-order chi connectivity index (χ1) is 4.70. The Morgan fingerprint density at radius 1 is 1.50 bits per heavy atom. The van der Waals surface area contributed by atoms with Crippen molar-refractivity contribution in [2.45, 2.75) is 6.43 Å². The van der Waals surface area contributed by atoms with Crippen LogP contribution in [0.4, 0.5) is 8.78 Å². The summed E-state index contributed by atoms with van der Waals surface area (Å²) in [4.78, 5) is 6.57. The number of aromatic nitrogens is 2. The molecule has 0 aliphatic heterocycles. The molecule has 1 aromatic rings. The molecule has 0 saturated carbocycles. The molecule has 0 N–H and O–H groups in total. The monoisotopic (exact) mass is 164 g/mol. The first-order valence-corrected chi connectivity index (χ1v) is 2.84. The number of nitrogens with zero attached hydrogens (tertiary/aromatic N) is 2. The minimum atomic E-state index is -2.65. The normalized spacial score (nSPS) is 10.4. The zero-order chi connectivity index (χ0) is 7.56. The SMILES string of the molecule is FC(F)c1nccc(Cl)n1. The summed E-state index contributed by atoms with van der Waals surface area (Å²) in [5, 5.41) is 0.0327. The van der Waals surface area contributed by atoms with Gasteiger partial charge in [-0.3, -0.25) is 0 Å². The lowest BCUT2D eigenvalue weighted by atomic mass is 10.6. The molecule has 0 bridgehead atoms. The second kappa shape index (κ2) is 2.88. The van der Waals surface area contributed by atoms with E-state index in [0.717, 1.165) is 0 Å². The maximum atomic E-state index is 11.8. The number of rotatable bonds is 1. The van der Waals surface area contributed by atoms with Crippen LogP contribution in [0.3, 0.4) is 0 Å². The van der Waals surface area contributed by atoms with Crippen molar-refractivity contribution in [1.82, 2.24) is 9.97 Å². The largest absolute Gasteiger partial charge is 0.297 e. The van der Waals surface area contributed by atoms with Crippen LogP contribution in [0.2, 0.25) is 5.15 Å². The van der Waals surface area contributed by atoms with E-state index < -0.39 is 12.2 Å². The van der Waals surface area contributed by atoms with Crippen LogP contribution in [0.1, 0.15) is 12.2 Å². The van der Waals surface area contributed by atoms with E-state index in [9.17, 15) is 8.78 Å². The summed E-state index contributed by atoms with van der Waals surface area (Å²) in [5.41, 5.74) is 0. The Labute approximate surface area is 60.9 Å². The molecule has 0 aliphatic carbocycles. The van der Waals surface area contributed by atoms with Gasteiger partial charge in [0.25, 0.3) is 6.43 Å². The lowest BCUT2D eigenvalue weighted by Gasteiger charge is -1.95. The molecule has 1 heterocycles. The Bertz CT molecular complexity index is 229. The number of alkyl halides is 2. The van der Waals surface area contributed by atoms with Crippen LogP contribution in [0.25, 0.3) is 0 Å². The van der Waals surface area contributed by atoms with E-state index in [-0.39, 0.29) is 5.15 Å². The highest BCUT2D eigenvalue weighted by molar-refractivity contribution is 6.29. The van der Waals surface area contributed by atoms with Crippen LogP contribution in [-0.4, -0.2) is 9.97 Å². The molecule has 2 nitrogen and oxygen atoms in total. The molecule has 1 rings (SSSR count). The van der Waals surface area contributed by atoms with E-state index in [1.807, 2.05) is 0 Å². The Morgan fingerprint density at radius 3 is 2.60 bits per heavy atom. The third kappa shape index (κ3) is 1.60. The van der Waals surface area contributed by atoms with Gasteiger partial charge in [0, 0.05) is 6.20 Å². The molecule has 10 heavy (non-hydrogen) atoms. The molecule has 0 aromatic carbocycles. The highest BCUT2D eigenvalue weighted by atomic mass is 35.5. The van der Waals surface area contributed by atoms with Gasteiger partial charge in [0.2, 0.25) is 0 Å². The third-order valence-electron chi connectivity index (χ3n) is 0.835. The first-order valence-electron chi connectivity index (χ1n) is 2.47. The van der Waals surface area contributed by atoms with Gasteiger partial charge in [-0.15, -0.1) is 0 Å². The zero-order valence-corrected chi connectivity index (χ0v) is 5.52. The summed E-state index contributed by atoms with van der Waals surface area (Å²) in [6.07, 6.45) is -1.46. The van der Waals surface area contributed by atoms with Crippen molar-refractivity contribution in [2.75, 3.05) is 0 Å². The lowest BCUT2D eigenvalue weighted by Crippen LogP contribution is -1.93. The summed E-state index contributed by atoms with van der Waals surface area (Å²) in [5.74, 6) is -0.535. The van der Waals surface area contributed by atoms with Crippen molar-refractivity contribution in [3.63, 3.8) is 0 Å². The molecule has 0 spiro atoms. The molecule has 0 aliphatic rings. The van der Waals surface area contributed by atoms with Crippen molar-refractivity contribution in [2.24, 2.45) is 0 Å². The molecule has 5 heteroatoms.